The molecule has 2 unspecified atom stereocenters. The predicted octanol–water partition coefficient (Wildman–Crippen LogP) is 4.36. The second-order valence-electron chi connectivity index (χ2n) is 4.82. The Morgan fingerprint density at radius 3 is 2.05 bits per heavy atom. The van der Waals surface area contributed by atoms with E-state index in [-0.39, 0.29) is 11.4 Å². The van der Waals surface area contributed by atoms with Gasteiger partial charge in [-0.05, 0) is 23.6 Å². The highest BCUT2D eigenvalue weighted by Gasteiger charge is 2.08. The Labute approximate surface area is 119 Å². The summed E-state index contributed by atoms with van der Waals surface area (Å²) in [5.74, 6) is 0.946. The molecule has 2 heteroatoms. The van der Waals surface area contributed by atoms with E-state index in [9.17, 15) is 5.11 Å². The molecule has 0 aliphatic heterocycles. The zero-order chi connectivity index (χ0) is 13.7. The first-order valence-electron chi connectivity index (χ1n) is 6.61. The van der Waals surface area contributed by atoms with Crippen molar-refractivity contribution in [3.8, 4) is 11.1 Å². The van der Waals surface area contributed by atoms with Gasteiger partial charge in [0.25, 0.3) is 0 Å². The Balaban J connectivity index is 1.99. The van der Waals surface area contributed by atoms with Crippen LogP contribution in [0.1, 0.15) is 19.4 Å². The number of rotatable bonds is 5. The maximum Gasteiger partial charge on any atom is 0.0628 e. The monoisotopic (exact) mass is 272 g/mol. The Kier molecular flexibility index (Phi) is 5.06. The van der Waals surface area contributed by atoms with Gasteiger partial charge in [-0.15, -0.1) is 0 Å². The number of benzene rings is 2. The van der Waals surface area contributed by atoms with Crippen LogP contribution in [0, 0.1) is 0 Å². The molecule has 1 N–H and O–H groups in total. The standard InChI is InChI=1S/C17H20OS/c1-13(18)14(2)19-12-15-8-10-17(11-9-15)16-6-4-3-5-7-16/h3-11,13-14,18H,12H2,1-2H3. The van der Waals surface area contributed by atoms with Crippen LogP contribution in [0.25, 0.3) is 11.1 Å². The zero-order valence-corrected chi connectivity index (χ0v) is 12.2. The summed E-state index contributed by atoms with van der Waals surface area (Å²) in [5.41, 5.74) is 3.80. The van der Waals surface area contributed by atoms with Gasteiger partial charge in [-0.1, -0.05) is 61.5 Å². The summed E-state index contributed by atoms with van der Waals surface area (Å²) in [7, 11) is 0. The van der Waals surface area contributed by atoms with Crippen LogP contribution < -0.4 is 0 Å². The fraction of sp³-hybridized carbons (Fsp3) is 0.294. The molecule has 0 saturated carbocycles. The molecule has 100 valence electrons. The van der Waals surface area contributed by atoms with Crippen LogP contribution in [-0.2, 0) is 5.75 Å². The molecule has 2 atom stereocenters. The molecule has 2 aromatic carbocycles. The molecule has 0 aliphatic carbocycles. The zero-order valence-electron chi connectivity index (χ0n) is 11.4. The van der Waals surface area contributed by atoms with E-state index < -0.39 is 0 Å². The van der Waals surface area contributed by atoms with E-state index in [0.29, 0.717) is 0 Å². The van der Waals surface area contributed by atoms with Crippen molar-refractivity contribution in [1.82, 2.24) is 0 Å². The van der Waals surface area contributed by atoms with Gasteiger partial charge in [-0.3, -0.25) is 0 Å². The molecule has 0 aliphatic rings. The van der Waals surface area contributed by atoms with Gasteiger partial charge in [0.1, 0.15) is 0 Å². The first-order valence-corrected chi connectivity index (χ1v) is 7.65. The van der Waals surface area contributed by atoms with Gasteiger partial charge in [-0.25, -0.2) is 0 Å². The van der Waals surface area contributed by atoms with Crippen LogP contribution >= 0.6 is 11.8 Å². The van der Waals surface area contributed by atoms with Crippen LogP contribution in [0.15, 0.2) is 54.6 Å². The summed E-state index contributed by atoms with van der Waals surface area (Å²) in [5, 5.41) is 9.74. The average Bonchev–Trinajstić information content (AvgIpc) is 2.46. The predicted molar refractivity (Wildman–Crippen MR) is 84.3 cm³/mol. The molecule has 0 amide bonds. The quantitative estimate of drug-likeness (QED) is 0.873. The molecular formula is C17H20OS. The van der Waals surface area contributed by atoms with Crippen molar-refractivity contribution in [2.45, 2.75) is 31.0 Å². The lowest BCUT2D eigenvalue weighted by atomic mass is 10.0. The fourth-order valence-corrected chi connectivity index (χ4v) is 2.72. The number of aliphatic hydroxyl groups is 1. The molecule has 2 rings (SSSR count). The van der Waals surface area contributed by atoms with Gasteiger partial charge in [-0.2, -0.15) is 11.8 Å². The number of hydrogen-bond donors (Lipinski definition) is 1. The third-order valence-electron chi connectivity index (χ3n) is 3.25. The second-order valence-corrected chi connectivity index (χ2v) is 6.19. The molecule has 0 aromatic heterocycles. The topological polar surface area (TPSA) is 20.2 Å². The SMILES string of the molecule is CC(O)C(C)SCc1ccc(-c2ccccc2)cc1. The van der Waals surface area contributed by atoms with Gasteiger partial charge >= 0.3 is 0 Å². The molecular weight excluding hydrogens is 252 g/mol. The molecule has 1 nitrogen and oxygen atoms in total. The third kappa shape index (κ3) is 4.12. The van der Waals surface area contributed by atoms with Crippen LogP contribution in [0.4, 0.5) is 0 Å². The third-order valence-corrected chi connectivity index (χ3v) is 4.67. The Hall–Kier alpha value is -1.25. The lowest BCUT2D eigenvalue weighted by Crippen LogP contribution is -2.15. The summed E-state index contributed by atoms with van der Waals surface area (Å²) < 4.78 is 0. The van der Waals surface area contributed by atoms with Gasteiger partial charge in [0.15, 0.2) is 0 Å². The highest BCUT2D eigenvalue weighted by atomic mass is 32.2. The summed E-state index contributed by atoms with van der Waals surface area (Å²) >= 11 is 1.79. The summed E-state index contributed by atoms with van der Waals surface area (Å²) in [4.78, 5) is 0. The molecule has 0 fully saturated rings. The largest absolute Gasteiger partial charge is 0.392 e. The van der Waals surface area contributed by atoms with Gasteiger partial charge in [0.05, 0.1) is 6.10 Å². The van der Waals surface area contributed by atoms with E-state index in [1.165, 1.54) is 16.7 Å². The molecule has 0 radical (unpaired) electrons. The first-order chi connectivity index (χ1) is 9.16. The summed E-state index contributed by atoms with van der Waals surface area (Å²) in [6, 6.07) is 19.1. The van der Waals surface area contributed by atoms with Crippen LogP contribution in [0.2, 0.25) is 0 Å². The van der Waals surface area contributed by atoms with Crippen molar-refractivity contribution in [3.63, 3.8) is 0 Å². The number of hydrogen-bond acceptors (Lipinski definition) is 2. The molecule has 19 heavy (non-hydrogen) atoms. The van der Waals surface area contributed by atoms with Gasteiger partial charge in [0, 0.05) is 11.0 Å². The maximum atomic E-state index is 9.47. The smallest absolute Gasteiger partial charge is 0.0628 e. The van der Waals surface area contributed by atoms with Crippen molar-refractivity contribution in [2.75, 3.05) is 0 Å². The van der Waals surface area contributed by atoms with E-state index in [2.05, 4.69) is 55.5 Å². The van der Waals surface area contributed by atoms with Crippen molar-refractivity contribution in [1.29, 1.82) is 0 Å². The van der Waals surface area contributed by atoms with Crippen molar-refractivity contribution in [3.05, 3.63) is 60.2 Å². The van der Waals surface area contributed by atoms with Gasteiger partial charge < -0.3 is 5.11 Å². The highest BCUT2D eigenvalue weighted by molar-refractivity contribution is 7.99. The average molecular weight is 272 g/mol. The Bertz CT molecular complexity index is 490. The molecule has 0 heterocycles. The fourth-order valence-electron chi connectivity index (χ4n) is 1.79. The lowest BCUT2D eigenvalue weighted by Gasteiger charge is -2.14. The minimum absolute atomic E-state index is 0.256. The normalized spacial score (nSPS) is 14.1. The van der Waals surface area contributed by atoms with E-state index in [1.807, 2.05) is 13.0 Å². The summed E-state index contributed by atoms with van der Waals surface area (Å²) in [6.45, 7) is 3.91. The molecule has 0 spiro atoms. The minimum Gasteiger partial charge on any atom is -0.392 e. The van der Waals surface area contributed by atoms with E-state index in [1.54, 1.807) is 11.8 Å². The lowest BCUT2D eigenvalue weighted by molar-refractivity contribution is 0.196. The molecule has 2 aromatic rings. The van der Waals surface area contributed by atoms with Crippen molar-refractivity contribution < 1.29 is 5.11 Å². The minimum atomic E-state index is -0.256. The maximum absolute atomic E-state index is 9.47. The van der Waals surface area contributed by atoms with E-state index >= 15 is 0 Å². The van der Waals surface area contributed by atoms with Crippen molar-refractivity contribution in [2.24, 2.45) is 0 Å². The van der Waals surface area contributed by atoms with Crippen molar-refractivity contribution >= 4 is 11.8 Å². The number of aliphatic hydroxyl groups excluding tert-OH is 1. The summed E-state index contributed by atoms with van der Waals surface area (Å²) in [6.07, 6.45) is -0.256. The van der Waals surface area contributed by atoms with Gasteiger partial charge in [0.2, 0.25) is 0 Å². The number of thioether (sulfide) groups is 1. The molecule has 0 bridgehead atoms. The first kappa shape index (κ1) is 14.2. The molecule has 0 saturated heterocycles. The van der Waals surface area contributed by atoms with E-state index in [4.69, 9.17) is 0 Å². The van der Waals surface area contributed by atoms with Crippen LogP contribution in [0.5, 0.6) is 0 Å². The second kappa shape index (κ2) is 6.78. The Morgan fingerprint density at radius 1 is 0.895 bits per heavy atom. The van der Waals surface area contributed by atoms with Crippen LogP contribution in [-0.4, -0.2) is 16.5 Å². The van der Waals surface area contributed by atoms with E-state index in [0.717, 1.165) is 5.75 Å². The Morgan fingerprint density at radius 2 is 1.47 bits per heavy atom. The highest BCUT2D eigenvalue weighted by Crippen LogP contribution is 2.23. The van der Waals surface area contributed by atoms with Crippen LogP contribution in [0.3, 0.4) is 0 Å².